The quantitative estimate of drug-likeness (QED) is 0.753. The summed E-state index contributed by atoms with van der Waals surface area (Å²) < 4.78 is 2.29. The molecule has 0 bridgehead atoms. The van der Waals surface area contributed by atoms with E-state index in [1.165, 1.54) is 25.0 Å². The van der Waals surface area contributed by atoms with Crippen LogP contribution in [0.5, 0.6) is 0 Å². The Bertz CT molecular complexity index is 412. The molecule has 90 valence electrons. The first-order valence-corrected chi connectivity index (χ1v) is 5.59. The van der Waals surface area contributed by atoms with Crippen molar-refractivity contribution >= 4 is 18.2 Å². The van der Waals surface area contributed by atoms with Crippen LogP contribution in [0.3, 0.4) is 0 Å². The van der Waals surface area contributed by atoms with Gasteiger partial charge in [0.2, 0.25) is 0 Å². The zero-order valence-electron chi connectivity index (χ0n) is 9.90. The van der Waals surface area contributed by atoms with Gasteiger partial charge in [-0.05, 0) is 19.3 Å². The van der Waals surface area contributed by atoms with Gasteiger partial charge in [-0.1, -0.05) is 6.42 Å². The third-order valence-corrected chi connectivity index (χ3v) is 2.98. The van der Waals surface area contributed by atoms with Crippen molar-refractivity contribution in [3.63, 3.8) is 0 Å². The molecule has 0 unspecified atom stereocenters. The number of hydrogen-bond acceptors (Lipinski definition) is 2. The van der Waals surface area contributed by atoms with Gasteiger partial charge in [0.25, 0.3) is 0 Å². The smallest absolute Gasteiger partial charge is 0.183 e. The Morgan fingerprint density at radius 2 is 1.94 bits per heavy atom. The van der Waals surface area contributed by atoms with Crippen LogP contribution in [0.4, 0.5) is 5.82 Å². The highest BCUT2D eigenvalue weighted by Crippen LogP contribution is 2.19. The predicted molar refractivity (Wildman–Crippen MR) is 69.8 cm³/mol. The van der Waals surface area contributed by atoms with Crippen molar-refractivity contribution in [2.75, 3.05) is 19.0 Å². The van der Waals surface area contributed by atoms with Gasteiger partial charge in [0, 0.05) is 38.5 Å². The highest BCUT2D eigenvalue weighted by atomic mass is 35.5. The average molecular weight is 243 g/mol. The fourth-order valence-corrected chi connectivity index (χ4v) is 2.22. The summed E-state index contributed by atoms with van der Waals surface area (Å²) in [7, 11) is 3.99. The van der Waals surface area contributed by atoms with Crippen molar-refractivity contribution in [1.82, 2.24) is 4.57 Å². The lowest BCUT2D eigenvalue weighted by atomic mass is 10.2. The van der Waals surface area contributed by atoms with Crippen molar-refractivity contribution < 1.29 is 0 Å². The molecule has 4 heteroatoms. The number of nitrogens with zero attached hydrogens (tertiary/aromatic N) is 2. The molecule has 1 aromatic rings. The van der Waals surface area contributed by atoms with Gasteiger partial charge in [0.05, 0.1) is 0 Å². The fraction of sp³-hybridized carbons (Fsp3) is 0.583. The van der Waals surface area contributed by atoms with Gasteiger partial charge in [0.15, 0.2) is 5.43 Å². The summed E-state index contributed by atoms with van der Waals surface area (Å²) in [5.41, 5.74) is 1.33. The zero-order valence-corrected chi connectivity index (χ0v) is 10.7. The fourth-order valence-electron chi connectivity index (χ4n) is 2.22. The van der Waals surface area contributed by atoms with Crippen LogP contribution in [-0.4, -0.2) is 18.7 Å². The second kappa shape index (κ2) is 5.39. The Kier molecular flexibility index (Phi) is 4.42. The molecule has 1 aliphatic rings. The van der Waals surface area contributed by atoms with Gasteiger partial charge in [-0.15, -0.1) is 12.4 Å². The first kappa shape index (κ1) is 13.1. The number of hydrogen-bond donors (Lipinski definition) is 0. The molecule has 0 amide bonds. The monoisotopic (exact) mass is 242 g/mol. The summed E-state index contributed by atoms with van der Waals surface area (Å²) in [5.74, 6) is 1.04. The molecule has 0 N–H and O–H groups in total. The van der Waals surface area contributed by atoms with Gasteiger partial charge in [-0.2, -0.15) is 0 Å². The number of rotatable bonds is 1. The van der Waals surface area contributed by atoms with Gasteiger partial charge >= 0.3 is 0 Å². The Morgan fingerprint density at radius 3 is 2.62 bits per heavy atom. The number of fused-ring (bicyclic) bond motifs is 1. The van der Waals surface area contributed by atoms with E-state index in [1.54, 1.807) is 12.1 Å². The van der Waals surface area contributed by atoms with Crippen LogP contribution in [0.15, 0.2) is 16.9 Å². The summed E-state index contributed by atoms with van der Waals surface area (Å²) in [6, 6.07) is 3.52. The molecule has 0 saturated carbocycles. The predicted octanol–water partition coefficient (Wildman–Crippen LogP) is 2.06. The molecule has 1 aliphatic heterocycles. The highest BCUT2D eigenvalue weighted by Gasteiger charge is 2.11. The lowest BCUT2D eigenvalue weighted by Gasteiger charge is -2.21. The molecule has 0 aliphatic carbocycles. The molecular weight excluding hydrogens is 224 g/mol. The summed E-state index contributed by atoms with van der Waals surface area (Å²) in [4.78, 5) is 13.6. The lowest BCUT2D eigenvalue weighted by molar-refractivity contribution is 0.629. The number of halogens is 1. The van der Waals surface area contributed by atoms with E-state index in [9.17, 15) is 4.79 Å². The first-order valence-electron chi connectivity index (χ1n) is 5.59. The maximum absolute atomic E-state index is 11.5. The topological polar surface area (TPSA) is 25.2 Å². The van der Waals surface area contributed by atoms with E-state index in [4.69, 9.17) is 0 Å². The summed E-state index contributed by atoms with van der Waals surface area (Å²) in [5, 5.41) is 0. The molecule has 3 nitrogen and oxygen atoms in total. The molecule has 0 fully saturated rings. The molecule has 2 rings (SSSR count). The van der Waals surface area contributed by atoms with Crippen molar-refractivity contribution in [3.8, 4) is 0 Å². The lowest BCUT2D eigenvalue weighted by Crippen LogP contribution is -2.21. The molecule has 16 heavy (non-hydrogen) atoms. The van der Waals surface area contributed by atoms with Crippen LogP contribution in [0.2, 0.25) is 0 Å². The maximum Gasteiger partial charge on any atom is 0.183 e. The SMILES string of the molecule is CN(C)c1cc(=O)cc2n1CCCCC2.Cl. The van der Waals surface area contributed by atoms with E-state index in [2.05, 4.69) is 4.57 Å². The molecular formula is C12H19ClN2O. The van der Waals surface area contributed by atoms with Crippen molar-refractivity contribution in [1.29, 1.82) is 0 Å². The summed E-state index contributed by atoms with van der Waals surface area (Å²) >= 11 is 0. The number of aryl methyl sites for hydroxylation is 1. The Labute approximate surface area is 102 Å². The van der Waals surface area contributed by atoms with Crippen LogP contribution < -0.4 is 10.3 Å². The largest absolute Gasteiger partial charge is 0.364 e. The van der Waals surface area contributed by atoms with Gasteiger partial charge in [-0.3, -0.25) is 4.79 Å². The zero-order chi connectivity index (χ0) is 10.8. The Morgan fingerprint density at radius 1 is 1.19 bits per heavy atom. The number of pyridine rings is 1. The Balaban J connectivity index is 0.00000128. The molecule has 1 aromatic heterocycles. The number of anilines is 1. The second-order valence-electron chi connectivity index (χ2n) is 4.40. The first-order chi connectivity index (χ1) is 7.18. The molecule has 0 saturated heterocycles. The molecule has 0 aromatic carbocycles. The minimum Gasteiger partial charge on any atom is -0.364 e. The van der Waals surface area contributed by atoms with Crippen molar-refractivity contribution in [2.24, 2.45) is 0 Å². The van der Waals surface area contributed by atoms with Crippen LogP contribution in [-0.2, 0) is 13.0 Å². The third-order valence-electron chi connectivity index (χ3n) is 2.98. The molecule has 0 atom stereocenters. The van der Waals surface area contributed by atoms with E-state index in [0.29, 0.717) is 0 Å². The standard InChI is InChI=1S/C12H18N2O.ClH/c1-13(2)12-9-11(15)8-10-6-4-3-5-7-14(10)12;/h8-9H,3-7H2,1-2H3;1H. The molecule has 0 spiro atoms. The third kappa shape index (κ3) is 2.59. The highest BCUT2D eigenvalue weighted by molar-refractivity contribution is 5.85. The van der Waals surface area contributed by atoms with E-state index in [-0.39, 0.29) is 17.8 Å². The summed E-state index contributed by atoms with van der Waals surface area (Å²) in [6.07, 6.45) is 4.73. The number of aromatic nitrogens is 1. The second-order valence-corrected chi connectivity index (χ2v) is 4.40. The van der Waals surface area contributed by atoms with Crippen LogP contribution >= 0.6 is 12.4 Å². The minimum absolute atomic E-state index is 0. The van der Waals surface area contributed by atoms with Crippen LogP contribution in [0, 0.1) is 0 Å². The van der Waals surface area contributed by atoms with E-state index < -0.39 is 0 Å². The van der Waals surface area contributed by atoms with Crippen LogP contribution in [0.1, 0.15) is 25.0 Å². The van der Waals surface area contributed by atoms with Crippen molar-refractivity contribution in [2.45, 2.75) is 32.2 Å². The normalized spacial score (nSPS) is 14.6. The van der Waals surface area contributed by atoms with Gasteiger partial charge < -0.3 is 9.47 Å². The minimum atomic E-state index is 0. The molecule has 0 radical (unpaired) electrons. The maximum atomic E-state index is 11.5. The van der Waals surface area contributed by atoms with Crippen LogP contribution in [0.25, 0.3) is 0 Å². The Hall–Kier alpha value is -0.960. The van der Waals surface area contributed by atoms with Gasteiger partial charge in [-0.25, -0.2) is 0 Å². The van der Waals surface area contributed by atoms with Crippen molar-refractivity contribution in [3.05, 3.63) is 28.0 Å². The molecule has 2 heterocycles. The average Bonchev–Trinajstić information content (AvgIpc) is 2.41. The van der Waals surface area contributed by atoms with E-state index >= 15 is 0 Å². The van der Waals surface area contributed by atoms with Gasteiger partial charge in [0.1, 0.15) is 5.82 Å². The summed E-state index contributed by atoms with van der Waals surface area (Å²) in [6.45, 7) is 1.04. The van der Waals surface area contributed by atoms with E-state index in [0.717, 1.165) is 18.8 Å². The van der Waals surface area contributed by atoms with E-state index in [1.807, 2.05) is 19.0 Å².